The highest BCUT2D eigenvalue weighted by molar-refractivity contribution is 6.02. The van der Waals surface area contributed by atoms with Gasteiger partial charge in [0, 0.05) is 25.5 Å². The SMILES string of the molecule is CC(C)CC(=O)OCn1nc([C@@H]2CC[C@H](O)C2)cc1NC(=O)c1cc(COC(F)(F)F)nn1C. The number of aromatic nitrogens is 4. The first-order valence-corrected chi connectivity index (χ1v) is 10.9. The van der Waals surface area contributed by atoms with E-state index in [-0.39, 0.29) is 42.2 Å². The van der Waals surface area contributed by atoms with E-state index in [9.17, 15) is 27.9 Å². The predicted molar refractivity (Wildman–Crippen MR) is 112 cm³/mol. The van der Waals surface area contributed by atoms with Crippen LogP contribution in [0, 0.1) is 5.92 Å². The maximum absolute atomic E-state index is 12.8. The van der Waals surface area contributed by atoms with Crippen LogP contribution in [0.25, 0.3) is 0 Å². The maximum atomic E-state index is 12.8. The Balaban J connectivity index is 1.76. The van der Waals surface area contributed by atoms with Gasteiger partial charge >= 0.3 is 12.3 Å². The fourth-order valence-electron chi connectivity index (χ4n) is 3.73. The predicted octanol–water partition coefficient (Wildman–Crippen LogP) is 3.08. The maximum Gasteiger partial charge on any atom is 0.522 e. The molecule has 0 aromatic carbocycles. The number of aliphatic hydroxyl groups excluding tert-OH is 1. The highest BCUT2D eigenvalue weighted by Crippen LogP contribution is 2.35. The van der Waals surface area contributed by atoms with Crippen LogP contribution in [-0.2, 0) is 34.7 Å². The van der Waals surface area contributed by atoms with Crippen molar-refractivity contribution in [3.63, 3.8) is 0 Å². The summed E-state index contributed by atoms with van der Waals surface area (Å²) >= 11 is 0. The molecule has 1 amide bonds. The summed E-state index contributed by atoms with van der Waals surface area (Å²) in [5.74, 6) is -0.711. The van der Waals surface area contributed by atoms with E-state index in [4.69, 9.17) is 4.74 Å². The van der Waals surface area contributed by atoms with Crippen molar-refractivity contribution in [2.75, 3.05) is 5.32 Å². The normalized spacial score (nSPS) is 18.5. The van der Waals surface area contributed by atoms with Crippen LogP contribution in [0.1, 0.15) is 67.3 Å². The molecule has 13 heteroatoms. The number of ether oxygens (including phenoxy) is 2. The zero-order chi connectivity index (χ0) is 25.0. The molecule has 2 aromatic heterocycles. The number of rotatable bonds is 9. The van der Waals surface area contributed by atoms with Crippen LogP contribution in [0.4, 0.5) is 19.0 Å². The lowest BCUT2D eigenvalue weighted by Gasteiger charge is -2.10. The summed E-state index contributed by atoms with van der Waals surface area (Å²) in [6, 6.07) is 2.83. The molecule has 1 saturated carbocycles. The molecule has 2 heterocycles. The van der Waals surface area contributed by atoms with Crippen LogP contribution in [0.15, 0.2) is 12.1 Å². The lowest BCUT2D eigenvalue weighted by atomic mass is 10.0. The summed E-state index contributed by atoms with van der Waals surface area (Å²) < 4.78 is 48.4. The van der Waals surface area contributed by atoms with Gasteiger partial charge in [0.1, 0.15) is 18.1 Å². The minimum Gasteiger partial charge on any atom is -0.442 e. The second kappa shape index (κ2) is 10.6. The van der Waals surface area contributed by atoms with E-state index in [1.165, 1.54) is 17.8 Å². The molecular formula is C21H28F3N5O5. The average Bonchev–Trinajstić information content (AvgIpc) is 3.42. The molecule has 0 saturated heterocycles. The van der Waals surface area contributed by atoms with Gasteiger partial charge in [-0.25, -0.2) is 4.68 Å². The van der Waals surface area contributed by atoms with Crippen molar-refractivity contribution in [3.05, 3.63) is 29.2 Å². The Hall–Kier alpha value is -2.93. The first-order valence-electron chi connectivity index (χ1n) is 10.9. The monoisotopic (exact) mass is 487 g/mol. The van der Waals surface area contributed by atoms with Gasteiger partial charge < -0.3 is 15.2 Å². The summed E-state index contributed by atoms with van der Waals surface area (Å²) in [6.45, 7) is 2.70. The van der Waals surface area contributed by atoms with Gasteiger partial charge in [0.15, 0.2) is 6.73 Å². The molecule has 1 fully saturated rings. The number of nitrogens with zero attached hydrogens (tertiary/aromatic N) is 4. The number of carbonyl (C=O) groups excluding carboxylic acids is 2. The molecule has 34 heavy (non-hydrogen) atoms. The fraction of sp³-hybridized carbons (Fsp3) is 0.619. The number of esters is 1. The number of alkyl halides is 3. The second-order valence-corrected chi connectivity index (χ2v) is 8.69. The van der Waals surface area contributed by atoms with Crippen molar-refractivity contribution >= 4 is 17.7 Å². The van der Waals surface area contributed by atoms with Crippen molar-refractivity contribution < 1.29 is 37.3 Å². The van der Waals surface area contributed by atoms with E-state index in [1.807, 2.05) is 13.8 Å². The molecule has 188 valence electrons. The van der Waals surface area contributed by atoms with Gasteiger partial charge in [0.2, 0.25) is 0 Å². The zero-order valence-corrected chi connectivity index (χ0v) is 19.1. The third-order valence-electron chi connectivity index (χ3n) is 5.33. The number of halogens is 3. The summed E-state index contributed by atoms with van der Waals surface area (Å²) in [5.41, 5.74) is 0.570. The average molecular weight is 487 g/mol. The smallest absolute Gasteiger partial charge is 0.442 e. The summed E-state index contributed by atoms with van der Waals surface area (Å²) in [4.78, 5) is 24.8. The van der Waals surface area contributed by atoms with Crippen LogP contribution in [0.2, 0.25) is 0 Å². The van der Waals surface area contributed by atoms with Crippen molar-refractivity contribution in [3.8, 4) is 0 Å². The largest absolute Gasteiger partial charge is 0.522 e. The topological polar surface area (TPSA) is 121 Å². The zero-order valence-electron chi connectivity index (χ0n) is 19.1. The molecule has 3 rings (SSSR count). The number of nitrogens with one attached hydrogen (secondary N) is 1. The quantitative estimate of drug-likeness (QED) is 0.522. The Labute approximate surface area is 194 Å². The minimum absolute atomic E-state index is 0.00293. The van der Waals surface area contributed by atoms with Crippen molar-refractivity contribution in [2.24, 2.45) is 13.0 Å². The van der Waals surface area contributed by atoms with Crippen LogP contribution < -0.4 is 5.32 Å². The summed E-state index contributed by atoms with van der Waals surface area (Å²) in [6.07, 6.45) is -3.12. The summed E-state index contributed by atoms with van der Waals surface area (Å²) in [7, 11) is 1.42. The molecule has 2 aromatic rings. The highest BCUT2D eigenvalue weighted by atomic mass is 19.4. The van der Waals surface area contributed by atoms with Crippen molar-refractivity contribution in [1.82, 2.24) is 19.6 Å². The lowest BCUT2D eigenvalue weighted by molar-refractivity contribution is -0.330. The Bertz CT molecular complexity index is 1020. The molecule has 0 unspecified atom stereocenters. The summed E-state index contributed by atoms with van der Waals surface area (Å²) in [5, 5.41) is 20.8. The van der Waals surface area contributed by atoms with Crippen LogP contribution in [0.5, 0.6) is 0 Å². The third kappa shape index (κ3) is 7.03. The molecule has 2 atom stereocenters. The van der Waals surface area contributed by atoms with E-state index in [0.29, 0.717) is 18.5 Å². The van der Waals surface area contributed by atoms with Gasteiger partial charge in [-0.3, -0.25) is 19.0 Å². The number of amides is 1. The van der Waals surface area contributed by atoms with E-state index >= 15 is 0 Å². The van der Waals surface area contributed by atoms with Gasteiger partial charge in [-0.05, 0) is 31.2 Å². The molecule has 10 nitrogen and oxygen atoms in total. The van der Waals surface area contributed by atoms with Crippen LogP contribution in [0.3, 0.4) is 0 Å². The van der Waals surface area contributed by atoms with E-state index in [1.54, 1.807) is 6.07 Å². The molecule has 0 radical (unpaired) electrons. The minimum atomic E-state index is -4.82. The number of aliphatic hydroxyl groups is 1. The standard InChI is InChI=1S/C21H28F3N5O5/c1-12(2)6-19(31)33-11-29-18(9-16(27-29)13-4-5-15(30)7-13)25-20(32)17-8-14(26-28(17)3)10-34-21(22,23)24/h8-9,12-13,15,30H,4-7,10-11H2,1-3H3,(H,25,32)/t13-,15+/m1/s1. The fourth-order valence-corrected chi connectivity index (χ4v) is 3.73. The van der Waals surface area contributed by atoms with Crippen LogP contribution in [-0.4, -0.2) is 49.0 Å². The Morgan fingerprint density at radius 2 is 2.00 bits per heavy atom. The van der Waals surface area contributed by atoms with Gasteiger partial charge in [0.05, 0.1) is 17.5 Å². The molecule has 0 bridgehead atoms. The number of hydrogen-bond acceptors (Lipinski definition) is 7. The molecular weight excluding hydrogens is 459 g/mol. The van der Waals surface area contributed by atoms with Crippen molar-refractivity contribution in [2.45, 2.75) is 71.3 Å². The molecule has 2 N–H and O–H groups in total. The van der Waals surface area contributed by atoms with E-state index < -0.39 is 30.9 Å². The first-order chi connectivity index (χ1) is 15.9. The number of hydrogen-bond donors (Lipinski definition) is 2. The molecule has 1 aliphatic carbocycles. The van der Waals surface area contributed by atoms with E-state index in [0.717, 1.165) is 11.1 Å². The van der Waals surface area contributed by atoms with Gasteiger partial charge in [-0.2, -0.15) is 10.2 Å². The number of anilines is 1. The number of aryl methyl sites for hydroxylation is 1. The van der Waals surface area contributed by atoms with Gasteiger partial charge in [0.25, 0.3) is 5.91 Å². The Morgan fingerprint density at radius 1 is 1.26 bits per heavy atom. The molecule has 0 spiro atoms. The highest BCUT2D eigenvalue weighted by Gasteiger charge is 2.30. The van der Waals surface area contributed by atoms with Crippen molar-refractivity contribution in [1.29, 1.82) is 0 Å². The Morgan fingerprint density at radius 3 is 2.62 bits per heavy atom. The van der Waals surface area contributed by atoms with Gasteiger partial charge in [-0.15, -0.1) is 13.2 Å². The Kier molecular flexibility index (Phi) is 7.97. The lowest BCUT2D eigenvalue weighted by Crippen LogP contribution is -2.20. The third-order valence-corrected chi connectivity index (χ3v) is 5.33. The molecule has 0 aliphatic heterocycles. The number of carbonyl (C=O) groups is 2. The van der Waals surface area contributed by atoms with Gasteiger partial charge in [-0.1, -0.05) is 13.8 Å². The van der Waals surface area contributed by atoms with Crippen LogP contribution >= 0.6 is 0 Å². The first kappa shape index (κ1) is 25.7. The second-order valence-electron chi connectivity index (χ2n) is 8.69. The van der Waals surface area contributed by atoms with E-state index in [2.05, 4.69) is 20.3 Å². The molecule has 1 aliphatic rings.